The number of rotatable bonds is 4. The molecule has 0 aliphatic heterocycles. The van der Waals surface area contributed by atoms with Crippen molar-refractivity contribution in [3.8, 4) is 0 Å². The van der Waals surface area contributed by atoms with E-state index in [2.05, 4.69) is 20.5 Å². The highest BCUT2D eigenvalue weighted by Gasteiger charge is 2.04. The first kappa shape index (κ1) is 9.98. The number of carbonyl (C=O) groups excluding carboxylic acids is 1. The second-order valence-electron chi connectivity index (χ2n) is 2.59. The molecule has 72 valence electrons. The van der Waals surface area contributed by atoms with Crippen molar-refractivity contribution in [2.75, 3.05) is 11.2 Å². The first-order chi connectivity index (χ1) is 6.22. The molecule has 1 rings (SSSR count). The Morgan fingerprint density at radius 1 is 1.69 bits per heavy atom. The fourth-order valence-electron chi connectivity index (χ4n) is 0.813. The van der Waals surface area contributed by atoms with Crippen molar-refractivity contribution in [3.63, 3.8) is 0 Å². The molecule has 0 aromatic carbocycles. The van der Waals surface area contributed by atoms with E-state index in [4.69, 9.17) is 11.6 Å². The Morgan fingerprint density at radius 2 is 2.46 bits per heavy atom. The highest BCUT2D eigenvalue weighted by atomic mass is 35.5. The van der Waals surface area contributed by atoms with Crippen LogP contribution in [0.1, 0.15) is 18.7 Å². The second kappa shape index (κ2) is 4.81. The van der Waals surface area contributed by atoms with Crippen LogP contribution in [0.3, 0.4) is 0 Å². The van der Waals surface area contributed by atoms with Crippen molar-refractivity contribution < 1.29 is 4.79 Å². The van der Waals surface area contributed by atoms with Gasteiger partial charge in [-0.1, -0.05) is 0 Å². The molecule has 2 N–H and O–H groups in total. The standard InChI is InChI=1S/C7H11ClN4O/c1-5-9-7(12-11-5)10-6(13)3-2-4-8/h2-4H2,1H3,(H2,9,10,11,12,13). The van der Waals surface area contributed by atoms with Gasteiger partial charge < -0.3 is 0 Å². The smallest absolute Gasteiger partial charge is 0.248 e. The molecule has 1 heterocycles. The summed E-state index contributed by atoms with van der Waals surface area (Å²) in [5.74, 6) is 1.37. The van der Waals surface area contributed by atoms with Crippen LogP contribution in [0.25, 0.3) is 0 Å². The number of aromatic nitrogens is 3. The molecule has 0 radical (unpaired) electrons. The van der Waals surface area contributed by atoms with Gasteiger partial charge in [-0.2, -0.15) is 4.98 Å². The average Bonchev–Trinajstić information content (AvgIpc) is 2.48. The minimum absolute atomic E-state index is 0.111. The Balaban J connectivity index is 2.36. The highest BCUT2D eigenvalue weighted by molar-refractivity contribution is 6.18. The van der Waals surface area contributed by atoms with Gasteiger partial charge in [0.2, 0.25) is 11.9 Å². The first-order valence-electron chi connectivity index (χ1n) is 3.97. The molecule has 0 aliphatic carbocycles. The molecule has 5 nitrogen and oxygen atoms in total. The van der Waals surface area contributed by atoms with Crippen LogP contribution < -0.4 is 5.32 Å². The Kier molecular flexibility index (Phi) is 3.70. The van der Waals surface area contributed by atoms with Crippen molar-refractivity contribution in [2.45, 2.75) is 19.8 Å². The summed E-state index contributed by atoms with van der Waals surface area (Å²) in [4.78, 5) is 15.0. The summed E-state index contributed by atoms with van der Waals surface area (Å²) in [6.45, 7) is 1.77. The van der Waals surface area contributed by atoms with Crippen LogP contribution in [-0.2, 0) is 4.79 Å². The summed E-state index contributed by atoms with van der Waals surface area (Å²) in [6, 6.07) is 0. The zero-order chi connectivity index (χ0) is 9.68. The quantitative estimate of drug-likeness (QED) is 0.718. The number of nitrogens with zero attached hydrogens (tertiary/aromatic N) is 2. The van der Waals surface area contributed by atoms with Crippen molar-refractivity contribution >= 4 is 23.5 Å². The number of aryl methyl sites for hydroxylation is 1. The molecule has 1 amide bonds. The Morgan fingerprint density at radius 3 is 3.00 bits per heavy atom. The van der Waals surface area contributed by atoms with Crippen LogP contribution in [0.15, 0.2) is 0 Å². The maximum Gasteiger partial charge on any atom is 0.248 e. The number of alkyl halides is 1. The van der Waals surface area contributed by atoms with E-state index >= 15 is 0 Å². The lowest BCUT2D eigenvalue weighted by molar-refractivity contribution is -0.116. The summed E-state index contributed by atoms with van der Waals surface area (Å²) in [7, 11) is 0. The zero-order valence-electron chi connectivity index (χ0n) is 7.30. The molecule has 0 fully saturated rings. The summed E-state index contributed by atoms with van der Waals surface area (Å²) in [5.41, 5.74) is 0. The van der Waals surface area contributed by atoms with Crippen LogP contribution in [0.2, 0.25) is 0 Å². The largest absolute Gasteiger partial charge is 0.293 e. The van der Waals surface area contributed by atoms with Crippen molar-refractivity contribution in [3.05, 3.63) is 5.82 Å². The Hall–Kier alpha value is -1.10. The topological polar surface area (TPSA) is 70.7 Å². The van der Waals surface area contributed by atoms with Crippen molar-refractivity contribution in [2.24, 2.45) is 0 Å². The van der Waals surface area contributed by atoms with Gasteiger partial charge in [0.05, 0.1) is 0 Å². The molecule has 0 saturated heterocycles. The number of nitrogens with one attached hydrogen (secondary N) is 2. The number of hydrogen-bond donors (Lipinski definition) is 2. The molecule has 6 heteroatoms. The van der Waals surface area contributed by atoms with E-state index in [-0.39, 0.29) is 5.91 Å². The lowest BCUT2D eigenvalue weighted by Gasteiger charge is -1.97. The van der Waals surface area contributed by atoms with Gasteiger partial charge in [-0.3, -0.25) is 15.2 Å². The molecule has 0 bridgehead atoms. The number of halogens is 1. The fourth-order valence-corrected chi connectivity index (χ4v) is 0.947. The van der Waals surface area contributed by atoms with E-state index in [0.29, 0.717) is 30.5 Å². The molecular weight excluding hydrogens is 192 g/mol. The third kappa shape index (κ3) is 3.42. The lowest BCUT2D eigenvalue weighted by Crippen LogP contribution is -2.12. The highest BCUT2D eigenvalue weighted by Crippen LogP contribution is 1.99. The van der Waals surface area contributed by atoms with Gasteiger partial charge in [0, 0.05) is 12.3 Å². The normalized spacial score (nSPS) is 10.0. The minimum atomic E-state index is -0.111. The van der Waals surface area contributed by atoms with Gasteiger partial charge >= 0.3 is 0 Å². The zero-order valence-corrected chi connectivity index (χ0v) is 8.06. The van der Waals surface area contributed by atoms with E-state index in [1.807, 2.05) is 0 Å². The maximum atomic E-state index is 11.1. The van der Waals surface area contributed by atoms with Crippen LogP contribution >= 0.6 is 11.6 Å². The number of aromatic amines is 1. The molecule has 0 aliphatic rings. The first-order valence-corrected chi connectivity index (χ1v) is 4.50. The predicted octanol–water partition coefficient (Wildman–Crippen LogP) is 1.07. The maximum absolute atomic E-state index is 11.1. The van der Waals surface area contributed by atoms with E-state index in [0.717, 1.165) is 0 Å². The number of hydrogen-bond acceptors (Lipinski definition) is 3. The second-order valence-corrected chi connectivity index (χ2v) is 2.96. The van der Waals surface area contributed by atoms with Crippen molar-refractivity contribution in [1.29, 1.82) is 0 Å². The molecule has 0 atom stereocenters. The van der Waals surface area contributed by atoms with Gasteiger partial charge in [-0.05, 0) is 13.3 Å². The number of amides is 1. The third-order valence-electron chi connectivity index (χ3n) is 1.39. The number of H-pyrrole nitrogens is 1. The van der Waals surface area contributed by atoms with E-state index in [9.17, 15) is 4.79 Å². The van der Waals surface area contributed by atoms with Crippen LogP contribution in [0.5, 0.6) is 0 Å². The number of anilines is 1. The van der Waals surface area contributed by atoms with Gasteiger partial charge in [0.15, 0.2) is 0 Å². The summed E-state index contributed by atoms with van der Waals surface area (Å²) in [5, 5.41) is 8.94. The van der Waals surface area contributed by atoms with Crippen molar-refractivity contribution in [1.82, 2.24) is 15.2 Å². The summed E-state index contributed by atoms with van der Waals surface area (Å²) < 4.78 is 0. The van der Waals surface area contributed by atoms with Crippen LogP contribution in [0.4, 0.5) is 5.95 Å². The minimum Gasteiger partial charge on any atom is -0.293 e. The Labute approximate surface area is 80.9 Å². The third-order valence-corrected chi connectivity index (χ3v) is 1.65. The molecule has 1 aromatic rings. The van der Waals surface area contributed by atoms with Gasteiger partial charge in [-0.25, -0.2) is 0 Å². The molecular formula is C7H11ClN4O. The van der Waals surface area contributed by atoms with Gasteiger partial charge in [-0.15, -0.1) is 16.7 Å². The van der Waals surface area contributed by atoms with Crippen LogP contribution in [0, 0.1) is 6.92 Å². The van der Waals surface area contributed by atoms with Crippen LogP contribution in [-0.4, -0.2) is 27.0 Å². The van der Waals surface area contributed by atoms with Gasteiger partial charge in [0.25, 0.3) is 0 Å². The molecule has 0 saturated carbocycles. The molecule has 13 heavy (non-hydrogen) atoms. The van der Waals surface area contributed by atoms with E-state index < -0.39 is 0 Å². The van der Waals surface area contributed by atoms with E-state index in [1.165, 1.54) is 0 Å². The fraction of sp³-hybridized carbons (Fsp3) is 0.571. The monoisotopic (exact) mass is 202 g/mol. The number of carbonyl (C=O) groups is 1. The SMILES string of the molecule is Cc1nc(NC(=O)CCCCl)n[nH]1. The summed E-state index contributed by atoms with van der Waals surface area (Å²) >= 11 is 5.44. The Bertz CT molecular complexity index is 286. The van der Waals surface area contributed by atoms with Gasteiger partial charge in [0.1, 0.15) is 5.82 Å². The predicted molar refractivity (Wildman–Crippen MR) is 49.7 cm³/mol. The van der Waals surface area contributed by atoms with E-state index in [1.54, 1.807) is 6.92 Å². The molecule has 1 aromatic heterocycles. The lowest BCUT2D eigenvalue weighted by atomic mass is 10.3. The molecule has 0 unspecified atom stereocenters. The average molecular weight is 203 g/mol. The molecule has 0 spiro atoms. The summed E-state index contributed by atoms with van der Waals surface area (Å²) in [6.07, 6.45) is 1.06.